The molecule has 2 aromatic carbocycles. The number of carboxylic acid groups (broad SMARTS) is 1. The molecule has 0 unspecified atom stereocenters. The largest absolute Gasteiger partial charge is 0.478 e. The molecule has 6 heteroatoms. The average Bonchev–Trinajstić information content (AvgIpc) is 3.11. The molecule has 2 N–H and O–H groups in total. The van der Waals surface area contributed by atoms with Crippen molar-refractivity contribution in [2.75, 3.05) is 0 Å². The van der Waals surface area contributed by atoms with Gasteiger partial charge < -0.3 is 9.52 Å². The number of carbonyl (C=O) groups is 2. The zero-order valence-corrected chi connectivity index (χ0v) is 13.8. The van der Waals surface area contributed by atoms with E-state index in [1.807, 2.05) is 30.3 Å². The van der Waals surface area contributed by atoms with Crippen LogP contribution in [0.4, 0.5) is 0 Å². The first-order valence-corrected chi connectivity index (χ1v) is 7.91. The van der Waals surface area contributed by atoms with Gasteiger partial charge >= 0.3 is 5.97 Å². The van der Waals surface area contributed by atoms with Gasteiger partial charge in [0.2, 0.25) is 5.91 Å². The maximum Gasteiger partial charge on any atom is 0.335 e. The summed E-state index contributed by atoms with van der Waals surface area (Å²) in [4.78, 5) is 22.7. The Labute approximate surface area is 149 Å². The molecular formula is C20H16N2O4. The molecule has 1 amide bonds. The van der Waals surface area contributed by atoms with Crippen LogP contribution in [-0.2, 0) is 11.2 Å². The lowest BCUT2D eigenvalue weighted by atomic mass is 10.1. The topological polar surface area (TPSA) is 91.9 Å². The van der Waals surface area contributed by atoms with Gasteiger partial charge in [0.05, 0.1) is 18.2 Å². The van der Waals surface area contributed by atoms with Gasteiger partial charge in [-0.15, -0.1) is 0 Å². The highest BCUT2D eigenvalue weighted by atomic mass is 16.4. The Morgan fingerprint density at radius 3 is 2.42 bits per heavy atom. The highest BCUT2D eigenvalue weighted by molar-refractivity contribution is 5.88. The Morgan fingerprint density at radius 1 is 1.00 bits per heavy atom. The van der Waals surface area contributed by atoms with Gasteiger partial charge in [-0.3, -0.25) is 4.79 Å². The van der Waals surface area contributed by atoms with Crippen molar-refractivity contribution in [3.05, 3.63) is 83.6 Å². The molecule has 0 saturated heterocycles. The fraction of sp³-hybridized carbons (Fsp3) is 0.0500. The summed E-state index contributed by atoms with van der Waals surface area (Å²) in [7, 11) is 0. The third-order valence-electron chi connectivity index (χ3n) is 3.63. The number of benzene rings is 2. The summed E-state index contributed by atoms with van der Waals surface area (Å²) < 4.78 is 5.62. The molecule has 1 aromatic heterocycles. The average molecular weight is 348 g/mol. The van der Waals surface area contributed by atoms with Gasteiger partial charge in [-0.2, -0.15) is 5.10 Å². The van der Waals surface area contributed by atoms with Crippen LogP contribution in [0.25, 0.3) is 11.3 Å². The van der Waals surface area contributed by atoms with E-state index in [1.165, 1.54) is 18.3 Å². The van der Waals surface area contributed by atoms with E-state index in [1.54, 1.807) is 24.3 Å². The van der Waals surface area contributed by atoms with E-state index in [0.717, 1.165) is 11.1 Å². The van der Waals surface area contributed by atoms with E-state index in [2.05, 4.69) is 10.5 Å². The summed E-state index contributed by atoms with van der Waals surface area (Å²) in [6.45, 7) is 0. The lowest BCUT2D eigenvalue weighted by Gasteiger charge is -1.99. The van der Waals surface area contributed by atoms with E-state index in [9.17, 15) is 9.59 Å². The number of hydrazone groups is 1. The second-order valence-electron chi connectivity index (χ2n) is 5.54. The minimum absolute atomic E-state index is 0.211. The number of amides is 1. The molecule has 0 saturated carbocycles. The third-order valence-corrected chi connectivity index (χ3v) is 3.63. The van der Waals surface area contributed by atoms with Gasteiger partial charge in [-0.1, -0.05) is 42.5 Å². The lowest BCUT2D eigenvalue weighted by molar-refractivity contribution is -0.120. The maximum atomic E-state index is 11.8. The number of hydrogen-bond donors (Lipinski definition) is 2. The van der Waals surface area contributed by atoms with Crippen LogP contribution in [0.1, 0.15) is 21.7 Å². The van der Waals surface area contributed by atoms with Crippen molar-refractivity contribution in [2.45, 2.75) is 6.42 Å². The van der Waals surface area contributed by atoms with Crippen molar-refractivity contribution in [1.82, 2.24) is 5.43 Å². The van der Waals surface area contributed by atoms with Gasteiger partial charge in [0.1, 0.15) is 11.5 Å². The quantitative estimate of drug-likeness (QED) is 0.528. The highest BCUT2D eigenvalue weighted by Crippen LogP contribution is 2.22. The molecule has 0 aliphatic rings. The lowest BCUT2D eigenvalue weighted by Crippen LogP contribution is -2.19. The molecule has 26 heavy (non-hydrogen) atoms. The van der Waals surface area contributed by atoms with Crippen molar-refractivity contribution in [3.63, 3.8) is 0 Å². The van der Waals surface area contributed by atoms with Crippen LogP contribution < -0.4 is 5.43 Å². The van der Waals surface area contributed by atoms with Gasteiger partial charge in [-0.05, 0) is 29.8 Å². The Hall–Kier alpha value is -3.67. The molecule has 6 nitrogen and oxygen atoms in total. The molecular weight excluding hydrogens is 332 g/mol. The summed E-state index contributed by atoms with van der Waals surface area (Å²) in [6, 6.07) is 19.2. The Bertz CT molecular complexity index is 928. The van der Waals surface area contributed by atoms with E-state index < -0.39 is 5.97 Å². The summed E-state index contributed by atoms with van der Waals surface area (Å²) in [5.74, 6) is -0.139. The van der Waals surface area contributed by atoms with Crippen molar-refractivity contribution < 1.29 is 19.1 Å². The molecule has 0 radical (unpaired) electrons. The predicted molar refractivity (Wildman–Crippen MR) is 97.0 cm³/mol. The van der Waals surface area contributed by atoms with Crippen LogP contribution >= 0.6 is 0 Å². The summed E-state index contributed by atoms with van der Waals surface area (Å²) in [5, 5.41) is 12.8. The number of rotatable bonds is 6. The van der Waals surface area contributed by atoms with E-state index in [0.29, 0.717) is 11.5 Å². The molecule has 0 bridgehead atoms. The fourth-order valence-electron chi connectivity index (χ4n) is 2.34. The molecule has 0 fully saturated rings. The van der Waals surface area contributed by atoms with Gasteiger partial charge in [0.15, 0.2) is 0 Å². The normalized spacial score (nSPS) is 10.8. The predicted octanol–water partition coefficient (Wildman–Crippen LogP) is 3.34. The Kier molecular flexibility index (Phi) is 5.24. The highest BCUT2D eigenvalue weighted by Gasteiger charge is 2.06. The maximum absolute atomic E-state index is 11.8. The SMILES string of the molecule is O=C(Cc1ccccc1)NN=Cc1ccc(-c2ccc(C(=O)O)cc2)o1. The number of aromatic carboxylic acids is 1. The van der Waals surface area contributed by atoms with Crippen LogP contribution in [-0.4, -0.2) is 23.2 Å². The van der Waals surface area contributed by atoms with Crippen molar-refractivity contribution in [1.29, 1.82) is 0 Å². The van der Waals surface area contributed by atoms with Crippen LogP contribution in [0.5, 0.6) is 0 Å². The summed E-state index contributed by atoms with van der Waals surface area (Å²) in [6.07, 6.45) is 1.66. The number of carboxylic acids is 1. The Morgan fingerprint density at radius 2 is 1.73 bits per heavy atom. The summed E-state index contributed by atoms with van der Waals surface area (Å²) >= 11 is 0. The summed E-state index contributed by atoms with van der Waals surface area (Å²) in [5.41, 5.74) is 4.33. The zero-order chi connectivity index (χ0) is 18.4. The molecule has 0 atom stereocenters. The second kappa shape index (κ2) is 7.94. The molecule has 130 valence electrons. The molecule has 3 rings (SSSR count). The Balaban J connectivity index is 1.58. The molecule has 0 spiro atoms. The van der Waals surface area contributed by atoms with Crippen molar-refractivity contribution in [2.24, 2.45) is 5.10 Å². The van der Waals surface area contributed by atoms with Gasteiger partial charge in [0, 0.05) is 5.56 Å². The monoisotopic (exact) mass is 348 g/mol. The molecule has 0 aliphatic carbocycles. The van der Waals surface area contributed by atoms with E-state index in [-0.39, 0.29) is 17.9 Å². The first kappa shape index (κ1) is 17.2. The minimum Gasteiger partial charge on any atom is -0.478 e. The first-order valence-electron chi connectivity index (χ1n) is 7.91. The number of nitrogens with one attached hydrogen (secondary N) is 1. The number of nitrogens with zero attached hydrogens (tertiary/aromatic N) is 1. The molecule has 0 aliphatic heterocycles. The number of hydrogen-bond acceptors (Lipinski definition) is 4. The zero-order valence-electron chi connectivity index (χ0n) is 13.8. The van der Waals surface area contributed by atoms with Gasteiger partial charge in [-0.25, -0.2) is 10.2 Å². The van der Waals surface area contributed by atoms with Crippen molar-refractivity contribution >= 4 is 18.1 Å². The smallest absolute Gasteiger partial charge is 0.335 e. The minimum atomic E-state index is -0.977. The number of carbonyl (C=O) groups excluding carboxylic acids is 1. The van der Waals surface area contributed by atoms with E-state index in [4.69, 9.17) is 9.52 Å². The first-order chi connectivity index (χ1) is 12.6. The van der Waals surface area contributed by atoms with Crippen LogP contribution in [0, 0.1) is 0 Å². The van der Waals surface area contributed by atoms with Crippen LogP contribution in [0.15, 0.2) is 76.2 Å². The van der Waals surface area contributed by atoms with Crippen LogP contribution in [0.3, 0.4) is 0 Å². The number of furan rings is 1. The van der Waals surface area contributed by atoms with Crippen LogP contribution in [0.2, 0.25) is 0 Å². The van der Waals surface area contributed by atoms with Crippen molar-refractivity contribution in [3.8, 4) is 11.3 Å². The standard InChI is InChI=1S/C20H16N2O4/c23-19(12-14-4-2-1-3-5-14)22-21-13-17-10-11-18(26-17)15-6-8-16(9-7-15)20(24)25/h1-11,13H,12H2,(H,22,23)(H,24,25). The van der Waals surface area contributed by atoms with E-state index >= 15 is 0 Å². The molecule has 3 aromatic rings. The second-order valence-corrected chi connectivity index (χ2v) is 5.54. The van der Waals surface area contributed by atoms with Gasteiger partial charge in [0.25, 0.3) is 0 Å². The fourth-order valence-corrected chi connectivity index (χ4v) is 2.34. The third kappa shape index (κ3) is 4.45. The molecule has 1 heterocycles.